The summed E-state index contributed by atoms with van der Waals surface area (Å²) in [5.74, 6) is -1.05. The second kappa shape index (κ2) is 3.38. The van der Waals surface area contributed by atoms with Crippen LogP contribution < -0.4 is 5.73 Å². The van der Waals surface area contributed by atoms with E-state index in [-0.39, 0.29) is 18.1 Å². The molecule has 0 aliphatic rings. The molecule has 12 heavy (non-hydrogen) atoms. The molecule has 1 rings (SSSR count). The van der Waals surface area contributed by atoms with E-state index >= 15 is 0 Å². The van der Waals surface area contributed by atoms with Crippen molar-refractivity contribution in [3.63, 3.8) is 0 Å². The fraction of sp³-hybridized carbons (Fsp3) is 0.286. The average molecular weight is 171 g/mol. The monoisotopic (exact) mass is 171 g/mol. The standard InChI is InChI=1S/C7H9NO4/c8-4(3-9)5-1-2-6(12-5)7(10)11/h1-2,4,9H,3,8H2,(H,10,11)/t4-/m1/s1. The van der Waals surface area contributed by atoms with Gasteiger partial charge in [0.05, 0.1) is 12.6 Å². The van der Waals surface area contributed by atoms with E-state index in [1.54, 1.807) is 0 Å². The first-order chi connectivity index (χ1) is 5.65. The summed E-state index contributed by atoms with van der Waals surface area (Å²) in [5.41, 5.74) is 5.37. The average Bonchev–Trinajstić information content (AvgIpc) is 2.51. The molecule has 0 spiro atoms. The zero-order valence-electron chi connectivity index (χ0n) is 6.23. The second-order valence-electron chi connectivity index (χ2n) is 2.30. The number of aliphatic hydroxyl groups excluding tert-OH is 1. The second-order valence-corrected chi connectivity index (χ2v) is 2.30. The minimum atomic E-state index is -1.15. The number of furan rings is 1. The largest absolute Gasteiger partial charge is 0.475 e. The zero-order chi connectivity index (χ0) is 9.14. The lowest BCUT2D eigenvalue weighted by Gasteiger charge is -2.01. The van der Waals surface area contributed by atoms with Crippen molar-refractivity contribution in [1.82, 2.24) is 0 Å². The normalized spacial score (nSPS) is 12.8. The fourth-order valence-electron chi connectivity index (χ4n) is 0.757. The molecule has 0 saturated carbocycles. The Morgan fingerprint density at radius 1 is 1.67 bits per heavy atom. The van der Waals surface area contributed by atoms with Gasteiger partial charge < -0.3 is 20.4 Å². The van der Waals surface area contributed by atoms with Crippen molar-refractivity contribution in [2.75, 3.05) is 6.61 Å². The number of nitrogens with two attached hydrogens (primary N) is 1. The van der Waals surface area contributed by atoms with E-state index in [0.29, 0.717) is 0 Å². The summed E-state index contributed by atoms with van der Waals surface area (Å²) in [7, 11) is 0. The third kappa shape index (κ3) is 1.63. The van der Waals surface area contributed by atoms with E-state index in [1.807, 2.05) is 0 Å². The van der Waals surface area contributed by atoms with Crippen molar-refractivity contribution in [2.45, 2.75) is 6.04 Å². The van der Waals surface area contributed by atoms with Crippen LogP contribution in [0.25, 0.3) is 0 Å². The molecule has 0 aliphatic heterocycles. The molecule has 1 heterocycles. The number of carbonyl (C=O) groups is 1. The van der Waals surface area contributed by atoms with E-state index in [0.717, 1.165) is 0 Å². The molecule has 0 aliphatic carbocycles. The molecule has 1 aromatic rings. The zero-order valence-corrected chi connectivity index (χ0v) is 6.23. The molecule has 0 bridgehead atoms. The van der Waals surface area contributed by atoms with Crippen molar-refractivity contribution < 1.29 is 19.4 Å². The molecule has 0 saturated heterocycles. The van der Waals surface area contributed by atoms with Crippen LogP contribution in [0, 0.1) is 0 Å². The molecule has 1 aromatic heterocycles. The van der Waals surface area contributed by atoms with Gasteiger partial charge >= 0.3 is 5.97 Å². The highest BCUT2D eigenvalue weighted by Crippen LogP contribution is 2.13. The van der Waals surface area contributed by atoms with Gasteiger partial charge in [0.25, 0.3) is 0 Å². The summed E-state index contributed by atoms with van der Waals surface area (Å²) < 4.78 is 4.81. The molecule has 0 aromatic carbocycles. The van der Waals surface area contributed by atoms with E-state index in [9.17, 15) is 4.79 Å². The van der Waals surface area contributed by atoms with Crippen LogP contribution in [0.1, 0.15) is 22.4 Å². The Morgan fingerprint density at radius 2 is 2.33 bits per heavy atom. The van der Waals surface area contributed by atoms with E-state index < -0.39 is 12.0 Å². The lowest BCUT2D eigenvalue weighted by atomic mass is 10.2. The first kappa shape index (κ1) is 8.76. The Kier molecular flexibility index (Phi) is 2.47. The van der Waals surface area contributed by atoms with Crippen LogP contribution in [0.15, 0.2) is 16.5 Å². The van der Waals surface area contributed by atoms with Crippen molar-refractivity contribution in [3.05, 3.63) is 23.7 Å². The summed E-state index contributed by atoms with van der Waals surface area (Å²) in [6.07, 6.45) is 0. The maximum atomic E-state index is 10.3. The lowest BCUT2D eigenvalue weighted by molar-refractivity contribution is 0.0658. The summed E-state index contributed by atoms with van der Waals surface area (Å²) in [6.45, 7) is -0.271. The number of hydrogen-bond acceptors (Lipinski definition) is 4. The maximum absolute atomic E-state index is 10.3. The number of rotatable bonds is 3. The van der Waals surface area contributed by atoms with Gasteiger partial charge in [-0.05, 0) is 12.1 Å². The molecular weight excluding hydrogens is 162 g/mol. The Morgan fingerprint density at radius 3 is 2.75 bits per heavy atom. The Labute approximate surface area is 68.4 Å². The van der Waals surface area contributed by atoms with Gasteiger partial charge in [-0.2, -0.15) is 0 Å². The Bertz CT molecular complexity index is 281. The molecule has 0 amide bonds. The lowest BCUT2D eigenvalue weighted by Crippen LogP contribution is -2.13. The predicted molar refractivity (Wildman–Crippen MR) is 39.7 cm³/mol. The molecule has 5 heteroatoms. The van der Waals surface area contributed by atoms with Crippen LogP contribution in [0.4, 0.5) is 0 Å². The Balaban J connectivity index is 2.84. The molecule has 0 radical (unpaired) electrons. The number of aromatic carboxylic acids is 1. The van der Waals surface area contributed by atoms with Gasteiger partial charge in [-0.25, -0.2) is 4.79 Å². The number of carboxylic acid groups (broad SMARTS) is 1. The van der Waals surface area contributed by atoms with Crippen LogP contribution in [0.5, 0.6) is 0 Å². The van der Waals surface area contributed by atoms with E-state index in [1.165, 1.54) is 12.1 Å². The van der Waals surface area contributed by atoms with Gasteiger partial charge in [0.2, 0.25) is 5.76 Å². The van der Waals surface area contributed by atoms with Gasteiger partial charge in [0.1, 0.15) is 5.76 Å². The van der Waals surface area contributed by atoms with Gasteiger partial charge in [0, 0.05) is 0 Å². The third-order valence-corrected chi connectivity index (χ3v) is 1.40. The van der Waals surface area contributed by atoms with Crippen molar-refractivity contribution in [3.8, 4) is 0 Å². The quantitative estimate of drug-likeness (QED) is 0.593. The van der Waals surface area contributed by atoms with E-state index in [2.05, 4.69) is 0 Å². The van der Waals surface area contributed by atoms with Gasteiger partial charge in [-0.3, -0.25) is 0 Å². The smallest absolute Gasteiger partial charge is 0.371 e. The Hall–Kier alpha value is -1.33. The first-order valence-corrected chi connectivity index (χ1v) is 3.34. The van der Waals surface area contributed by atoms with Crippen LogP contribution in [0.3, 0.4) is 0 Å². The molecule has 5 nitrogen and oxygen atoms in total. The summed E-state index contributed by atoms with van der Waals surface area (Å²) in [5, 5.41) is 17.1. The minimum Gasteiger partial charge on any atom is -0.475 e. The summed E-state index contributed by atoms with van der Waals surface area (Å²) in [6, 6.07) is 2.08. The molecule has 0 unspecified atom stereocenters. The van der Waals surface area contributed by atoms with Crippen LogP contribution in [-0.2, 0) is 0 Å². The maximum Gasteiger partial charge on any atom is 0.371 e. The van der Waals surface area contributed by atoms with Crippen LogP contribution in [0.2, 0.25) is 0 Å². The summed E-state index contributed by atoms with van der Waals surface area (Å²) in [4.78, 5) is 10.3. The van der Waals surface area contributed by atoms with Crippen molar-refractivity contribution in [2.24, 2.45) is 5.73 Å². The highest BCUT2D eigenvalue weighted by atomic mass is 16.4. The molecular formula is C7H9NO4. The van der Waals surface area contributed by atoms with Crippen LogP contribution >= 0.6 is 0 Å². The number of aliphatic hydroxyl groups is 1. The van der Waals surface area contributed by atoms with Gasteiger partial charge in [-0.15, -0.1) is 0 Å². The topological polar surface area (TPSA) is 96.7 Å². The highest BCUT2D eigenvalue weighted by Gasteiger charge is 2.13. The number of hydrogen-bond donors (Lipinski definition) is 3. The van der Waals surface area contributed by atoms with Crippen molar-refractivity contribution in [1.29, 1.82) is 0 Å². The van der Waals surface area contributed by atoms with Crippen molar-refractivity contribution >= 4 is 5.97 Å². The highest BCUT2D eigenvalue weighted by molar-refractivity contribution is 5.84. The number of carboxylic acids is 1. The predicted octanol–water partition coefficient (Wildman–Crippen LogP) is -0.0301. The third-order valence-electron chi connectivity index (χ3n) is 1.40. The summed E-state index contributed by atoms with van der Waals surface area (Å²) >= 11 is 0. The van der Waals surface area contributed by atoms with Gasteiger partial charge in [-0.1, -0.05) is 0 Å². The fourth-order valence-corrected chi connectivity index (χ4v) is 0.757. The SMILES string of the molecule is N[C@H](CO)c1ccc(C(=O)O)o1. The van der Waals surface area contributed by atoms with Crippen LogP contribution in [-0.4, -0.2) is 22.8 Å². The van der Waals surface area contributed by atoms with Gasteiger partial charge in [0.15, 0.2) is 0 Å². The minimum absolute atomic E-state index is 0.172. The molecule has 1 atom stereocenters. The first-order valence-electron chi connectivity index (χ1n) is 3.34. The molecule has 0 fully saturated rings. The van der Waals surface area contributed by atoms with E-state index in [4.69, 9.17) is 20.4 Å². The molecule has 66 valence electrons. The molecule has 4 N–H and O–H groups in total.